The smallest absolute Gasteiger partial charge is 0.0107 e. The molecule has 1 aliphatic heterocycles. The van der Waals surface area contributed by atoms with Crippen LogP contribution in [0.4, 0.5) is 0 Å². The van der Waals surface area contributed by atoms with E-state index < -0.39 is 0 Å². The lowest BCUT2D eigenvalue weighted by Gasteiger charge is -2.39. The van der Waals surface area contributed by atoms with Gasteiger partial charge < -0.3 is 10.2 Å². The second-order valence-corrected chi connectivity index (χ2v) is 6.10. The highest BCUT2D eigenvalue weighted by atomic mass is 15.1. The van der Waals surface area contributed by atoms with E-state index in [2.05, 4.69) is 37.9 Å². The van der Waals surface area contributed by atoms with Crippen molar-refractivity contribution in [2.45, 2.75) is 47.0 Å². The van der Waals surface area contributed by atoms with Gasteiger partial charge in [0.1, 0.15) is 0 Å². The summed E-state index contributed by atoms with van der Waals surface area (Å²) in [5, 5.41) is 3.53. The zero-order chi connectivity index (χ0) is 12.0. The normalized spacial score (nSPS) is 21.6. The van der Waals surface area contributed by atoms with Crippen LogP contribution in [0.1, 0.15) is 47.0 Å². The summed E-state index contributed by atoms with van der Waals surface area (Å²) in [6, 6.07) is 0. The number of likely N-dealkylation sites (tertiary alicyclic amines) is 1. The summed E-state index contributed by atoms with van der Waals surface area (Å²) in [5.41, 5.74) is 0.627. The maximum Gasteiger partial charge on any atom is 0.0107 e. The van der Waals surface area contributed by atoms with Crippen LogP contribution >= 0.6 is 0 Å². The first kappa shape index (κ1) is 14.0. The summed E-state index contributed by atoms with van der Waals surface area (Å²) >= 11 is 0. The zero-order valence-electron chi connectivity index (χ0n) is 11.7. The highest BCUT2D eigenvalue weighted by Gasteiger charge is 2.27. The van der Waals surface area contributed by atoms with Gasteiger partial charge in [-0.3, -0.25) is 0 Å². The fourth-order valence-electron chi connectivity index (χ4n) is 2.30. The third-order valence-corrected chi connectivity index (χ3v) is 4.07. The van der Waals surface area contributed by atoms with Crippen molar-refractivity contribution in [2.24, 2.45) is 11.3 Å². The highest BCUT2D eigenvalue weighted by molar-refractivity contribution is 4.81. The Balaban J connectivity index is 2.08. The molecule has 0 aromatic carbocycles. The van der Waals surface area contributed by atoms with Crippen molar-refractivity contribution in [3.8, 4) is 0 Å². The summed E-state index contributed by atoms with van der Waals surface area (Å²) in [6.07, 6.45) is 4.10. The summed E-state index contributed by atoms with van der Waals surface area (Å²) in [6.45, 7) is 15.4. The Kier molecular flexibility index (Phi) is 5.77. The lowest BCUT2D eigenvalue weighted by Crippen LogP contribution is -2.41. The maximum atomic E-state index is 3.53. The summed E-state index contributed by atoms with van der Waals surface area (Å²) < 4.78 is 0. The van der Waals surface area contributed by atoms with E-state index in [4.69, 9.17) is 0 Å². The van der Waals surface area contributed by atoms with E-state index in [1.165, 1.54) is 38.9 Å². The van der Waals surface area contributed by atoms with E-state index in [0.717, 1.165) is 19.0 Å². The first-order valence-corrected chi connectivity index (χ1v) is 6.99. The van der Waals surface area contributed by atoms with Gasteiger partial charge >= 0.3 is 0 Å². The first-order chi connectivity index (χ1) is 7.56. The molecule has 0 saturated carbocycles. The van der Waals surface area contributed by atoms with Crippen molar-refractivity contribution < 1.29 is 0 Å². The van der Waals surface area contributed by atoms with Crippen molar-refractivity contribution in [1.29, 1.82) is 0 Å². The van der Waals surface area contributed by atoms with Gasteiger partial charge in [0.25, 0.3) is 0 Å². The molecule has 96 valence electrons. The minimum absolute atomic E-state index is 0.627. The van der Waals surface area contributed by atoms with Gasteiger partial charge in [0, 0.05) is 13.1 Å². The average Bonchev–Trinajstić information content (AvgIpc) is 2.27. The van der Waals surface area contributed by atoms with Crippen LogP contribution in [0.5, 0.6) is 0 Å². The highest BCUT2D eigenvalue weighted by Crippen LogP contribution is 2.33. The van der Waals surface area contributed by atoms with E-state index in [1.54, 1.807) is 0 Å². The van der Waals surface area contributed by atoms with Crippen LogP contribution < -0.4 is 5.32 Å². The minimum atomic E-state index is 0.627. The second kappa shape index (κ2) is 6.61. The van der Waals surface area contributed by atoms with Gasteiger partial charge in [-0.2, -0.15) is 0 Å². The number of piperidine rings is 1. The molecule has 1 fully saturated rings. The second-order valence-electron chi connectivity index (χ2n) is 6.10. The number of nitrogens with zero attached hydrogens (tertiary/aromatic N) is 1. The van der Waals surface area contributed by atoms with Gasteiger partial charge in [0.05, 0.1) is 0 Å². The fourth-order valence-corrected chi connectivity index (χ4v) is 2.30. The standard InChI is InChI=1S/C14H30N2/c1-5-14(4)6-9-16(10-7-14)11-8-15-12-13(2)3/h13,15H,5-12H2,1-4H3. The minimum Gasteiger partial charge on any atom is -0.315 e. The Hall–Kier alpha value is -0.0800. The molecule has 1 heterocycles. The number of nitrogens with one attached hydrogen (secondary N) is 1. The van der Waals surface area contributed by atoms with E-state index >= 15 is 0 Å². The number of hydrogen-bond acceptors (Lipinski definition) is 2. The molecule has 0 aromatic heterocycles. The molecule has 1 N–H and O–H groups in total. The molecule has 0 bridgehead atoms. The molecule has 1 rings (SSSR count). The van der Waals surface area contributed by atoms with Crippen molar-refractivity contribution >= 4 is 0 Å². The van der Waals surface area contributed by atoms with Gasteiger partial charge in [-0.1, -0.05) is 34.1 Å². The first-order valence-electron chi connectivity index (χ1n) is 6.99. The fraction of sp³-hybridized carbons (Fsp3) is 1.00. The van der Waals surface area contributed by atoms with Crippen LogP contribution in [-0.4, -0.2) is 37.6 Å². The van der Waals surface area contributed by atoms with Crippen LogP contribution in [0.2, 0.25) is 0 Å². The molecule has 0 spiro atoms. The molecule has 0 atom stereocenters. The van der Waals surface area contributed by atoms with Crippen LogP contribution in [0.3, 0.4) is 0 Å². The van der Waals surface area contributed by atoms with Gasteiger partial charge in [-0.05, 0) is 43.8 Å². The summed E-state index contributed by atoms with van der Waals surface area (Å²) in [4.78, 5) is 2.62. The average molecular weight is 226 g/mol. The Morgan fingerprint density at radius 2 is 1.88 bits per heavy atom. The third-order valence-electron chi connectivity index (χ3n) is 4.07. The molecule has 0 aromatic rings. The molecule has 0 amide bonds. The van der Waals surface area contributed by atoms with Gasteiger partial charge in [0.2, 0.25) is 0 Å². The molecular weight excluding hydrogens is 196 g/mol. The quantitative estimate of drug-likeness (QED) is 0.701. The largest absolute Gasteiger partial charge is 0.315 e. The van der Waals surface area contributed by atoms with Gasteiger partial charge in [0.15, 0.2) is 0 Å². The zero-order valence-corrected chi connectivity index (χ0v) is 11.7. The molecule has 1 aliphatic rings. The molecule has 16 heavy (non-hydrogen) atoms. The SMILES string of the molecule is CCC1(C)CCN(CCNCC(C)C)CC1. The molecule has 1 saturated heterocycles. The molecular formula is C14H30N2. The van der Waals surface area contributed by atoms with Crippen molar-refractivity contribution in [3.05, 3.63) is 0 Å². The van der Waals surface area contributed by atoms with E-state index in [9.17, 15) is 0 Å². The molecule has 2 nitrogen and oxygen atoms in total. The van der Waals surface area contributed by atoms with Gasteiger partial charge in [-0.25, -0.2) is 0 Å². The lowest BCUT2D eigenvalue weighted by atomic mass is 9.78. The number of hydrogen-bond donors (Lipinski definition) is 1. The topological polar surface area (TPSA) is 15.3 Å². The lowest BCUT2D eigenvalue weighted by molar-refractivity contribution is 0.115. The molecule has 0 aliphatic carbocycles. The predicted octanol–water partition coefficient (Wildman–Crippen LogP) is 2.74. The van der Waals surface area contributed by atoms with Crippen molar-refractivity contribution in [1.82, 2.24) is 10.2 Å². The van der Waals surface area contributed by atoms with Gasteiger partial charge in [-0.15, -0.1) is 0 Å². The molecule has 0 unspecified atom stereocenters. The monoisotopic (exact) mass is 226 g/mol. The van der Waals surface area contributed by atoms with Crippen molar-refractivity contribution in [2.75, 3.05) is 32.7 Å². The van der Waals surface area contributed by atoms with E-state index in [1.807, 2.05) is 0 Å². The van der Waals surface area contributed by atoms with Crippen molar-refractivity contribution in [3.63, 3.8) is 0 Å². The Morgan fingerprint density at radius 1 is 1.25 bits per heavy atom. The summed E-state index contributed by atoms with van der Waals surface area (Å²) in [7, 11) is 0. The Morgan fingerprint density at radius 3 is 2.38 bits per heavy atom. The summed E-state index contributed by atoms with van der Waals surface area (Å²) in [5.74, 6) is 0.768. The van der Waals surface area contributed by atoms with Crippen LogP contribution in [0.15, 0.2) is 0 Å². The Labute approximate surface area is 102 Å². The number of rotatable bonds is 6. The predicted molar refractivity (Wildman–Crippen MR) is 71.8 cm³/mol. The van der Waals surface area contributed by atoms with Crippen LogP contribution in [0, 0.1) is 11.3 Å². The molecule has 0 radical (unpaired) electrons. The molecule has 2 heteroatoms. The maximum absolute atomic E-state index is 3.53. The third kappa shape index (κ3) is 4.84. The van der Waals surface area contributed by atoms with E-state index in [-0.39, 0.29) is 0 Å². The van der Waals surface area contributed by atoms with E-state index in [0.29, 0.717) is 5.41 Å². The van der Waals surface area contributed by atoms with Crippen LogP contribution in [0.25, 0.3) is 0 Å². The van der Waals surface area contributed by atoms with Crippen LogP contribution in [-0.2, 0) is 0 Å². The Bertz CT molecular complexity index is 181.